The number of amides is 1. The molecule has 7 heteroatoms. The third-order valence-corrected chi connectivity index (χ3v) is 2.42. The first kappa shape index (κ1) is 15.3. The quantitative estimate of drug-likeness (QED) is 0.689. The van der Waals surface area contributed by atoms with E-state index in [9.17, 15) is 9.59 Å². The number of esters is 1. The van der Waals surface area contributed by atoms with E-state index in [1.165, 1.54) is 23.5 Å². The van der Waals surface area contributed by atoms with Crippen molar-refractivity contribution in [1.82, 2.24) is 4.90 Å². The Kier molecular flexibility index (Phi) is 6.35. The Labute approximate surface area is 115 Å². The Morgan fingerprint density at radius 3 is 2.40 bits per heavy atom. The van der Waals surface area contributed by atoms with Crippen LogP contribution in [0.15, 0.2) is 23.0 Å². The van der Waals surface area contributed by atoms with Gasteiger partial charge in [-0.3, -0.25) is 4.79 Å². The lowest BCUT2D eigenvalue weighted by molar-refractivity contribution is -0.134. The molecule has 1 aromatic heterocycles. The minimum absolute atomic E-state index is 0.160. The molecular weight excluding hydrogens is 262 g/mol. The van der Waals surface area contributed by atoms with Crippen LogP contribution in [0.1, 0.15) is 23.2 Å². The van der Waals surface area contributed by atoms with Crippen molar-refractivity contribution in [3.05, 3.63) is 24.2 Å². The third kappa shape index (κ3) is 4.83. The van der Waals surface area contributed by atoms with Crippen molar-refractivity contribution >= 4 is 11.9 Å². The van der Waals surface area contributed by atoms with Crippen LogP contribution in [0.5, 0.6) is 0 Å². The van der Waals surface area contributed by atoms with Gasteiger partial charge in [0.25, 0.3) is 5.91 Å². The van der Waals surface area contributed by atoms with E-state index in [0.717, 1.165) is 0 Å². The fourth-order valence-corrected chi connectivity index (χ4v) is 1.41. The van der Waals surface area contributed by atoms with Crippen molar-refractivity contribution in [2.75, 3.05) is 19.7 Å². The van der Waals surface area contributed by atoms with E-state index in [1.54, 1.807) is 0 Å². The highest BCUT2D eigenvalue weighted by Crippen LogP contribution is 2.03. The van der Waals surface area contributed by atoms with Gasteiger partial charge in [0, 0.05) is 13.1 Å². The lowest BCUT2D eigenvalue weighted by Gasteiger charge is -2.19. The SMILES string of the molecule is N#CCCN(CCC#N)C(=O)COC(=O)c1ccoc1. The zero-order valence-electron chi connectivity index (χ0n) is 10.7. The summed E-state index contributed by atoms with van der Waals surface area (Å²) in [5.41, 5.74) is 0.221. The van der Waals surface area contributed by atoms with E-state index >= 15 is 0 Å². The van der Waals surface area contributed by atoms with Crippen LogP contribution in [-0.4, -0.2) is 36.5 Å². The number of ether oxygens (including phenoxy) is 1. The molecule has 104 valence electrons. The minimum atomic E-state index is -0.660. The third-order valence-electron chi connectivity index (χ3n) is 2.42. The molecule has 0 aromatic carbocycles. The number of rotatable bonds is 7. The Hall–Kier alpha value is -2.80. The molecule has 0 aliphatic heterocycles. The van der Waals surface area contributed by atoms with E-state index in [2.05, 4.69) is 0 Å². The van der Waals surface area contributed by atoms with Crippen LogP contribution in [0.2, 0.25) is 0 Å². The monoisotopic (exact) mass is 275 g/mol. The van der Waals surface area contributed by atoms with Crippen LogP contribution >= 0.6 is 0 Å². The highest BCUT2D eigenvalue weighted by molar-refractivity contribution is 5.90. The molecule has 0 atom stereocenters. The number of carbonyl (C=O) groups excluding carboxylic acids is 2. The normalized spacial score (nSPS) is 9.30. The Balaban J connectivity index is 2.47. The molecule has 0 fully saturated rings. The van der Waals surface area contributed by atoms with Crippen molar-refractivity contribution in [3.8, 4) is 12.1 Å². The van der Waals surface area contributed by atoms with E-state index in [1.807, 2.05) is 12.1 Å². The molecule has 20 heavy (non-hydrogen) atoms. The second kappa shape index (κ2) is 8.33. The Bertz CT molecular complexity index is 507. The minimum Gasteiger partial charge on any atom is -0.472 e. The second-order valence-corrected chi connectivity index (χ2v) is 3.79. The van der Waals surface area contributed by atoms with E-state index < -0.39 is 18.5 Å². The van der Waals surface area contributed by atoms with Crippen molar-refractivity contribution in [2.45, 2.75) is 12.8 Å². The number of furan rings is 1. The number of nitrogens with zero attached hydrogens (tertiary/aromatic N) is 3. The summed E-state index contributed by atoms with van der Waals surface area (Å²) in [4.78, 5) is 24.7. The summed E-state index contributed by atoms with van der Waals surface area (Å²) in [6, 6.07) is 5.27. The molecule has 0 radical (unpaired) electrons. The molecule has 0 aliphatic rings. The van der Waals surface area contributed by atoms with E-state index in [4.69, 9.17) is 19.7 Å². The molecule has 1 aromatic rings. The summed E-state index contributed by atoms with van der Waals surface area (Å²) >= 11 is 0. The van der Waals surface area contributed by atoms with Gasteiger partial charge < -0.3 is 14.1 Å². The van der Waals surface area contributed by atoms with Crippen LogP contribution < -0.4 is 0 Å². The first-order chi connectivity index (χ1) is 9.69. The molecule has 7 nitrogen and oxygen atoms in total. The molecule has 0 unspecified atom stereocenters. The van der Waals surface area contributed by atoms with Crippen LogP contribution in [-0.2, 0) is 9.53 Å². The topological polar surface area (TPSA) is 107 Å². The maximum atomic E-state index is 11.8. The lowest BCUT2D eigenvalue weighted by Crippen LogP contribution is -2.36. The molecular formula is C13H13N3O4. The van der Waals surface area contributed by atoms with Gasteiger partial charge in [-0.2, -0.15) is 10.5 Å². The summed E-state index contributed by atoms with van der Waals surface area (Å²) in [5.74, 6) is -1.10. The van der Waals surface area contributed by atoms with Crippen LogP contribution in [0.25, 0.3) is 0 Å². The lowest BCUT2D eigenvalue weighted by atomic mass is 10.3. The maximum absolute atomic E-state index is 11.8. The van der Waals surface area contributed by atoms with Gasteiger partial charge in [-0.1, -0.05) is 0 Å². The first-order valence-corrected chi connectivity index (χ1v) is 5.90. The largest absolute Gasteiger partial charge is 0.472 e. The highest BCUT2D eigenvalue weighted by atomic mass is 16.5. The summed E-state index contributed by atoms with van der Waals surface area (Å²) in [6.07, 6.45) is 2.86. The molecule has 1 amide bonds. The number of hydrogen-bond acceptors (Lipinski definition) is 6. The van der Waals surface area contributed by atoms with Gasteiger partial charge in [0.1, 0.15) is 6.26 Å². The average molecular weight is 275 g/mol. The molecule has 0 spiro atoms. The zero-order chi connectivity index (χ0) is 14.8. The second-order valence-electron chi connectivity index (χ2n) is 3.79. The fraction of sp³-hybridized carbons (Fsp3) is 0.385. The van der Waals surface area contributed by atoms with E-state index in [0.29, 0.717) is 0 Å². The smallest absolute Gasteiger partial charge is 0.341 e. The number of nitriles is 2. The van der Waals surface area contributed by atoms with Crippen molar-refractivity contribution in [3.63, 3.8) is 0 Å². The van der Waals surface area contributed by atoms with Gasteiger partial charge in [-0.15, -0.1) is 0 Å². The number of carbonyl (C=O) groups is 2. The molecule has 0 N–H and O–H groups in total. The molecule has 0 aliphatic carbocycles. The van der Waals surface area contributed by atoms with E-state index in [-0.39, 0.29) is 31.5 Å². The highest BCUT2D eigenvalue weighted by Gasteiger charge is 2.16. The van der Waals surface area contributed by atoms with Crippen molar-refractivity contribution in [1.29, 1.82) is 10.5 Å². The average Bonchev–Trinajstić information content (AvgIpc) is 2.99. The summed E-state index contributed by atoms with van der Waals surface area (Å²) < 4.78 is 9.56. The van der Waals surface area contributed by atoms with Gasteiger partial charge in [-0.05, 0) is 6.07 Å². The van der Waals surface area contributed by atoms with Crippen molar-refractivity contribution in [2.24, 2.45) is 0 Å². The van der Waals surface area contributed by atoms with Gasteiger partial charge in [0.05, 0.1) is 36.8 Å². The summed E-state index contributed by atoms with van der Waals surface area (Å²) in [5, 5.41) is 17.0. The Morgan fingerprint density at radius 1 is 1.25 bits per heavy atom. The molecule has 0 saturated carbocycles. The number of hydrogen-bond donors (Lipinski definition) is 0. The van der Waals surface area contributed by atoms with Crippen LogP contribution in [0, 0.1) is 22.7 Å². The van der Waals surface area contributed by atoms with Gasteiger partial charge in [-0.25, -0.2) is 4.79 Å². The molecule has 0 bridgehead atoms. The van der Waals surface area contributed by atoms with Gasteiger partial charge in [0.15, 0.2) is 6.61 Å². The zero-order valence-corrected chi connectivity index (χ0v) is 10.7. The fourth-order valence-electron chi connectivity index (χ4n) is 1.41. The van der Waals surface area contributed by atoms with Crippen molar-refractivity contribution < 1.29 is 18.7 Å². The summed E-state index contributed by atoms with van der Waals surface area (Å²) in [6.45, 7) is -0.0125. The van der Waals surface area contributed by atoms with Gasteiger partial charge in [0.2, 0.25) is 0 Å². The predicted octanol–water partition coefficient (Wildman–Crippen LogP) is 1.09. The Morgan fingerprint density at radius 2 is 1.90 bits per heavy atom. The molecule has 1 heterocycles. The van der Waals surface area contributed by atoms with Gasteiger partial charge >= 0.3 is 5.97 Å². The first-order valence-electron chi connectivity index (χ1n) is 5.90. The summed E-state index contributed by atoms with van der Waals surface area (Å²) in [7, 11) is 0. The van der Waals surface area contributed by atoms with Crippen LogP contribution in [0.4, 0.5) is 0 Å². The standard InChI is InChI=1S/C13H13N3O4/c14-4-1-6-16(7-2-5-15)12(17)10-20-13(18)11-3-8-19-9-11/h3,8-9H,1-2,6-7,10H2. The predicted molar refractivity (Wildman–Crippen MR) is 66.0 cm³/mol. The molecule has 1 rings (SSSR count). The maximum Gasteiger partial charge on any atom is 0.341 e. The molecule has 0 saturated heterocycles. The van der Waals surface area contributed by atoms with Crippen LogP contribution in [0.3, 0.4) is 0 Å².